The molecule has 1 heterocycles. The molecule has 0 aliphatic rings. The third kappa shape index (κ3) is 4.94. The number of nitrogens with zero attached hydrogens (tertiary/aromatic N) is 3. The first kappa shape index (κ1) is 14.9. The van der Waals surface area contributed by atoms with Gasteiger partial charge >= 0.3 is 12.0 Å². The number of hydrogen-bond acceptors (Lipinski definition) is 5. The van der Waals surface area contributed by atoms with Gasteiger partial charge in [0.1, 0.15) is 0 Å². The van der Waals surface area contributed by atoms with Crippen LogP contribution in [0.3, 0.4) is 0 Å². The molecule has 0 aromatic carbocycles. The predicted molar refractivity (Wildman–Crippen MR) is 65.4 cm³/mol. The zero-order valence-corrected chi connectivity index (χ0v) is 11.2. The molecule has 0 aliphatic carbocycles. The van der Waals surface area contributed by atoms with Crippen molar-refractivity contribution in [1.82, 2.24) is 20.4 Å². The zero-order valence-electron chi connectivity index (χ0n) is 11.2. The Morgan fingerprint density at radius 2 is 2.16 bits per heavy atom. The van der Waals surface area contributed by atoms with E-state index in [1.54, 1.807) is 6.92 Å². The SMILES string of the molecule is Cc1nc(CNC(=O)N(CCC(=O)O)C(C)C)no1. The van der Waals surface area contributed by atoms with Gasteiger partial charge < -0.3 is 19.8 Å². The van der Waals surface area contributed by atoms with E-state index < -0.39 is 5.97 Å². The van der Waals surface area contributed by atoms with Crippen LogP contribution in [-0.2, 0) is 11.3 Å². The molecule has 0 spiro atoms. The van der Waals surface area contributed by atoms with Crippen LogP contribution in [-0.4, -0.2) is 44.7 Å². The van der Waals surface area contributed by atoms with Crippen molar-refractivity contribution in [3.63, 3.8) is 0 Å². The highest BCUT2D eigenvalue weighted by Gasteiger charge is 2.18. The highest BCUT2D eigenvalue weighted by atomic mass is 16.5. The summed E-state index contributed by atoms with van der Waals surface area (Å²) in [6, 6.07) is -0.440. The first-order chi connectivity index (χ1) is 8.90. The van der Waals surface area contributed by atoms with Crippen molar-refractivity contribution in [2.24, 2.45) is 0 Å². The van der Waals surface area contributed by atoms with E-state index in [1.807, 2.05) is 13.8 Å². The minimum Gasteiger partial charge on any atom is -0.481 e. The molecule has 106 valence electrons. The Hall–Kier alpha value is -2.12. The maximum Gasteiger partial charge on any atom is 0.318 e. The molecule has 0 radical (unpaired) electrons. The number of carboxylic acid groups (broad SMARTS) is 1. The van der Waals surface area contributed by atoms with E-state index in [4.69, 9.17) is 9.63 Å². The number of carboxylic acids is 1. The third-order valence-corrected chi connectivity index (χ3v) is 2.42. The standard InChI is InChI=1S/C11H18N4O4/c1-7(2)15(5-4-10(16)17)11(18)12-6-9-13-8(3)19-14-9/h7H,4-6H2,1-3H3,(H,12,18)(H,16,17). The van der Waals surface area contributed by atoms with Crippen molar-refractivity contribution >= 4 is 12.0 Å². The van der Waals surface area contributed by atoms with E-state index >= 15 is 0 Å². The first-order valence-electron chi connectivity index (χ1n) is 5.95. The van der Waals surface area contributed by atoms with Crippen LogP contribution in [0, 0.1) is 6.92 Å². The van der Waals surface area contributed by atoms with Crippen LogP contribution in [0.5, 0.6) is 0 Å². The van der Waals surface area contributed by atoms with Crippen molar-refractivity contribution < 1.29 is 19.2 Å². The summed E-state index contributed by atoms with van der Waals surface area (Å²) in [5.41, 5.74) is 0. The van der Waals surface area contributed by atoms with Gasteiger partial charge in [0.2, 0.25) is 5.89 Å². The maximum absolute atomic E-state index is 11.9. The van der Waals surface area contributed by atoms with Crippen molar-refractivity contribution in [3.8, 4) is 0 Å². The number of aromatic nitrogens is 2. The number of amides is 2. The minimum atomic E-state index is -0.938. The molecule has 0 aliphatic heterocycles. The van der Waals surface area contributed by atoms with Crippen LogP contribution >= 0.6 is 0 Å². The second kappa shape index (κ2) is 6.72. The fourth-order valence-electron chi connectivity index (χ4n) is 1.48. The largest absolute Gasteiger partial charge is 0.481 e. The summed E-state index contributed by atoms with van der Waals surface area (Å²) in [4.78, 5) is 27.9. The van der Waals surface area contributed by atoms with Gasteiger partial charge in [0.25, 0.3) is 0 Å². The molecule has 8 heteroatoms. The molecule has 0 saturated carbocycles. The Labute approximate surface area is 110 Å². The predicted octanol–water partition coefficient (Wildman–Crippen LogP) is 0.773. The minimum absolute atomic E-state index is 0.0904. The molecule has 0 fully saturated rings. The Morgan fingerprint density at radius 3 is 2.63 bits per heavy atom. The molecule has 2 amide bonds. The number of hydrogen-bond donors (Lipinski definition) is 2. The third-order valence-electron chi connectivity index (χ3n) is 2.42. The van der Waals surface area contributed by atoms with E-state index in [0.29, 0.717) is 11.7 Å². The summed E-state index contributed by atoms with van der Waals surface area (Å²) in [7, 11) is 0. The second-order valence-electron chi connectivity index (χ2n) is 4.32. The number of carbonyl (C=O) groups excluding carboxylic acids is 1. The summed E-state index contributed by atoms with van der Waals surface area (Å²) >= 11 is 0. The molecule has 1 aromatic rings. The summed E-state index contributed by atoms with van der Waals surface area (Å²) in [6.07, 6.45) is -0.0904. The van der Waals surface area contributed by atoms with Gasteiger partial charge in [-0.2, -0.15) is 4.98 Å². The summed E-state index contributed by atoms with van der Waals surface area (Å²) in [5.74, 6) is -0.129. The fourth-order valence-corrected chi connectivity index (χ4v) is 1.48. The van der Waals surface area contributed by atoms with Crippen molar-refractivity contribution in [3.05, 3.63) is 11.7 Å². The lowest BCUT2D eigenvalue weighted by molar-refractivity contribution is -0.137. The average molecular weight is 270 g/mol. The lowest BCUT2D eigenvalue weighted by Crippen LogP contribution is -2.44. The average Bonchev–Trinajstić information content (AvgIpc) is 2.72. The van der Waals surface area contributed by atoms with Gasteiger partial charge in [-0.25, -0.2) is 4.79 Å². The van der Waals surface area contributed by atoms with E-state index in [2.05, 4.69) is 15.5 Å². The smallest absolute Gasteiger partial charge is 0.318 e. The quantitative estimate of drug-likeness (QED) is 0.790. The van der Waals surface area contributed by atoms with Gasteiger partial charge in [-0.05, 0) is 13.8 Å². The lowest BCUT2D eigenvalue weighted by Gasteiger charge is -2.26. The van der Waals surface area contributed by atoms with Crippen molar-refractivity contribution in [2.75, 3.05) is 6.54 Å². The Bertz CT molecular complexity index is 444. The van der Waals surface area contributed by atoms with Gasteiger partial charge in [0.05, 0.1) is 13.0 Å². The van der Waals surface area contributed by atoms with Crippen LogP contribution in [0.25, 0.3) is 0 Å². The number of urea groups is 1. The number of carbonyl (C=O) groups is 2. The van der Waals surface area contributed by atoms with Gasteiger partial charge in [-0.3, -0.25) is 4.79 Å². The number of aliphatic carboxylic acids is 1. The fraction of sp³-hybridized carbons (Fsp3) is 0.636. The van der Waals surface area contributed by atoms with Gasteiger partial charge in [-0.15, -0.1) is 0 Å². The molecular weight excluding hydrogens is 252 g/mol. The number of aryl methyl sites for hydroxylation is 1. The molecule has 0 atom stereocenters. The van der Waals surface area contributed by atoms with Crippen molar-refractivity contribution in [2.45, 2.75) is 39.8 Å². The number of nitrogens with one attached hydrogen (secondary N) is 1. The normalized spacial score (nSPS) is 10.5. The van der Waals surface area contributed by atoms with Crippen LogP contribution in [0.15, 0.2) is 4.52 Å². The van der Waals surface area contributed by atoms with Crippen LogP contribution in [0.4, 0.5) is 4.79 Å². The second-order valence-corrected chi connectivity index (χ2v) is 4.32. The molecule has 0 saturated heterocycles. The topological polar surface area (TPSA) is 109 Å². The highest BCUT2D eigenvalue weighted by Crippen LogP contribution is 2.02. The Morgan fingerprint density at radius 1 is 1.47 bits per heavy atom. The van der Waals surface area contributed by atoms with Crippen LogP contribution in [0.1, 0.15) is 32.0 Å². The van der Waals surface area contributed by atoms with Crippen LogP contribution < -0.4 is 5.32 Å². The monoisotopic (exact) mass is 270 g/mol. The van der Waals surface area contributed by atoms with E-state index in [9.17, 15) is 9.59 Å². The van der Waals surface area contributed by atoms with E-state index in [1.165, 1.54) is 4.90 Å². The van der Waals surface area contributed by atoms with Gasteiger partial charge in [0.15, 0.2) is 5.82 Å². The molecule has 8 nitrogen and oxygen atoms in total. The molecule has 19 heavy (non-hydrogen) atoms. The molecular formula is C11H18N4O4. The molecule has 0 unspecified atom stereocenters. The first-order valence-corrected chi connectivity index (χ1v) is 5.95. The summed E-state index contributed by atoms with van der Waals surface area (Å²) in [6.45, 7) is 5.60. The van der Waals surface area contributed by atoms with E-state index in [0.717, 1.165) is 0 Å². The Kier molecular flexibility index (Phi) is 5.28. The number of rotatable bonds is 6. The zero-order chi connectivity index (χ0) is 14.4. The summed E-state index contributed by atoms with van der Waals surface area (Å²) in [5, 5.41) is 14.9. The van der Waals surface area contributed by atoms with Gasteiger partial charge in [-0.1, -0.05) is 5.16 Å². The molecule has 1 rings (SSSR count). The lowest BCUT2D eigenvalue weighted by atomic mass is 10.3. The Balaban J connectivity index is 2.49. The summed E-state index contributed by atoms with van der Waals surface area (Å²) < 4.78 is 4.78. The van der Waals surface area contributed by atoms with Crippen LogP contribution in [0.2, 0.25) is 0 Å². The van der Waals surface area contributed by atoms with E-state index in [-0.39, 0.29) is 31.6 Å². The molecule has 1 aromatic heterocycles. The molecule has 2 N–H and O–H groups in total. The molecule has 0 bridgehead atoms. The van der Waals surface area contributed by atoms with Crippen molar-refractivity contribution in [1.29, 1.82) is 0 Å². The van der Waals surface area contributed by atoms with Gasteiger partial charge in [0, 0.05) is 19.5 Å². The maximum atomic E-state index is 11.9. The highest BCUT2D eigenvalue weighted by molar-refractivity contribution is 5.75.